The van der Waals surface area contributed by atoms with Crippen LogP contribution in [-0.4, -0.2) is 12.1 Å². The van der Waals surface area contributed by atoms with Gasteiger partial charge in [-0.25, -0.2) is 0 Å². The molecule has 1 N–H and O–H groups in total. The van der Waals surface area contributed by atoms with Gasteiger partial charge in [-0.1, -0.05) is 39.3 Å². The fourth-order valence-corrected chi connectivity index (χ4v) is 2.48. The van der Waals surface area contributed by atoms with Crippen LogP contribution < -0.4 is 10.1 Å². The van der Waals surface area contributed by atoms with Crippen LogP contribution in [0.3, 0.4) is 0 Å². The van der Waals surface area contributed by atoms with E-state index in [4.69, 9.17) is 4.74 Å². The second-order valence-corrected chi connectivity index (χ2v) is 6.77. The van der Waals surface area contributed by atoms with Gasteiger partial charge in [0.2, 0.25) is 0 Å². The fraction of sp³-hybridized carbons (Fsp3) is 0.667. The van der Waals surface area contributed by atoms with Crippen molar-refractivity contribution in [3.05, 3.63) is 29.8 Å². The van der Waals surface area contributed by atoms with E-state index < -0.39 is 0 Å². The van der Waals surface area contributed by atoms with Crippen molar-refractivity contribution in [1.82, 2.24) is 5.32 Å². The molecule has 0 aliphatic heterocycles. The zero-order valence-corrected chi connectivity index (χ0v) is 14.0. The van der Waals surface area contributed by atoms with Crippen LogP contribution in [0, 0.1) is 5.92 Å². The van der Waals surface area contributed by atoms with Crippen molar-refractivity contribution in [2.45, 2.75) is 66.0 Å². The molecule has 1 atom stereocenters. The van der Waals surface area contributed by atoms with Gasteiger partial charge in [-0.3, -0.25) is 0 Å². The smallest absolute Gasteiger partial charge is 0.119 e. The lowest BCUT2D eigenvalue weighted by Gasteiger charge is -2.30. The van der Waals surface area contributed by atoms with Crippen LogP contribution in [0.4, 0.5) is 0 Å². The second-order valence-electron chi connectivity index (χ2n) is 6.77. The average molecular weight is 277 g/mol. The molecule has 114 valence electrons. The van der Waals surface area contributed by atoms with Crippen LogP contribution in [0.2, 0.25) is 0 Å². The third kappa shape index (κ3) is 5.96. The van der Waals surface area contributed by atoms with Gasteiger partial charge in [0.05, 0.1) is 6.61 Å². The standard InChI is InChI=1S/C18H31NO/c1-7-12-18(5,6)19-15(4)16-8-10-17(11-9-16)20-13-14(2)3/h8-11,14-15,19H,7,12-13H2,1-6H3. The molecule has 0 saturated carbocycles. The van der Waals surface area contributed by atoms with Crippen LogP contribution in [0.25, 0.3) is 0 Å². The maximum absolute atomic E-state index is 5.72. The van der Waals surface area contributed by atoms with E-state index in [-0.39, 0.29) is 5.54 Å². The maximum atomic E-state index is 5.72. The number of rotatable bonds is 8. The first-order valence-corrected chi connectivity index (χ1v) is 7.84. The molecule has 0 bridgehead atoms. The Bertz CT molecular complexity index is 381. The highest BCUT2D eigenvalue weighted by Crippen LogP contribution is 2.22. The summed E-state index contributed by atoms with van der Waals surface area (Å²) in [6, 6.07) is 8.83. The molecule has 1 aromatic rings. The molecule has 0 heterocycles. The number of hydrogen-bond donors (Lipinski definition) is 1. The Kier molecular flexibility index (Phi) is 6.54. The van der Waals surface area contributed by atoms with Crippen molar-refractivity contribution < 1.29 is 4.74 Å². The Hall–Kier alpha value is -1.02. The molecule has 1 aromatic carbocycles. The molecule has 1 unspecified atom stereocenters. The molecule has 0 fully saturated rings. The van der Waals surface area contributed by atoms with Crippen LogP contribution >= 0.6 is 0 Å². The Morgan fingerprint density at radius 3 is 2.20 bits per heavy atom. The topological polar surface area (TPSA) is 21.3 Å². The molecule has 1 rings (SSSR count). The molecule has 0 aliphatic rings. The minimum Gasteiger partial charge on any atom is -0.493 e. The van der Waals surface area contributed by atoms with Crippen LogP contribution in [-0.2, 0) is 0 Å². The van der Waals surface area contributed by atoms with Crippen molar-refractivity contribution >= 4 is 0 Å². The lowest BCUT2D eigenvalue weighted by molar-refractivity contribution is 0.271. The zero-order chi connectivity index (χ0) is 15.2. The lowest BCUT2D eigenvalue weighted by Crippen LogP contribution is -2.40. The molecule has 0 amide bonds. The van der Waals surface area contributed by atoms with Gasteiger partial charge < -0.3 is 10.1 Å². The molecule has 0 aliphatic carbocycles. The summed E-state index contributed by atoms with van der Waals surface area (Å²) in [4.78, 5) is 0. The molecule has 0 saturated heterocycles. The molecular weight excluding hydrogens is 246 g/mol. The van der Waals surface area contributed by atoms with E-state index in [0.29, 0.717) is 12.0 Å². The third-order valence-corrected chi connectivity index (χ3v) is 3.45. The molecule has 0 spiro atoms. The van der Waals surface area contributed by atoms with E-state index in [9.17, 15) is 0 Å². The lowest BCUT2D eigenvalue weighted by atomic mass is 9.96. The second kappa shape index (κ2) is 7.68. The van der Waals surface area contributed by atoms with Crippen molar-refractivity contribution in [1.29, 1.82) is 0 Å². The summed E-state index contributed by atoms with van der Waals surface area (Å²) >= 11 is 0. The summed E-state index contributed by atoms with van der Waals surface area (Å²) in [5.41, 5.74) is 1.49. The normalized spacial score (nSPS) is 13.6. The van der Waals surface area contributed by atoms with E-state index in [1.807, 2.05) is 0 Å². The Morgan fingerprint density at radius 1 is 1.10 bits per heavy atom. The van der Waals surface area contributed by atoms with Crippen LogP contribution in [0.5, 0.6) is 5.75 Å². The first-order valence-electron chi connectivity index (χ1n) is 7.84. The minimum absolute atomic E-state index is 0.182. The third-order valence-electron chi connectivity index (χ3n) is 3.45. The maximum Gasteiger partial charge on any atom is 0.119 e. The van der Waals surface area contributed by atoms with Gasteiger partial charge in [0.25, 0.3) is 0 Å². The van der Waals surface area contributed by atoms with E-state index in [0.717, 1.165) is 12.4 Å². The summed E-state index contributed by atoms with van der Waals surface area (Å²) in [7, 11) is 0. The van der Waals surface area contributed by atoms with E-state index in [1.54, 1.807) is 0 Å². The van der Waals surface area contributed by atoms with E-state index in [1.165, 1.54) is 18.4 Å². The summed E-state index contributed by atoms with van der Waals surface area (Å²) in [6.45, 7) is 14.1. The highest BCUT2D eigenvalue weighted by molar-refractivity contribution is 5.29. The first-order chi connectivity index (χ1) is 9.34. The largest absolute Gasteiger partial charge is 0.493 e. The number of ether oxygens (including phenoxy) is 1. The summed E-state index contributed by atoms with van der Waals surface area (Å²) in [5.74, 6) is 1.52. The molecule has 0 aromatic heterocycles. The van der Waals surface area contributed by atoms with Gasteiger partial charge in [-0.15, -0.1) is 0 Å². The number of benzene rings is 1. The van der Waals surface area contributed by atoms with Crippen molar-refractivity contribution in [3.63, 3.8) is 0 Å². The zero-order valence-electron chi connectivity index (χ0n) is 14.0. The van der Waals surface area contributed by atoms with Crippen molar-refractivity contribution in [2.24, 2.45) is 5.92 Å². The summed E-state index contributed by atoms with van der Waals surface area (Å²) < 4.78 is 5.72. The average Bonchev–Trinajstić information content (AvgIpc) is 2.36. The summed E-state index contributed by atoms with van der Waals surface area (Å²) in [5, 5.41) is 3.70. The predicted octanol–water partition coefficient (Wildman–Crippen LogP) is 4.95. The SMILES string of the molecule is CCCC(C)(C)NC(C)c1ccc(OCC(C)C)cc1. The number of nitrogens with one attached hydrogen (secondary N) is 1. The van der Waals surface area contributed by atoms with Gasteiger partial charge in [0, 0.05) is 11.6 Å². The first kappa shape index (κ1) is 17.0. The summed E-state index contributed by atoms with van der Waals surface area (Å²) in [6.07, 6.45) is 2.39. The van der Waals surface area contributed by atoms with Crippen LogP contribution in [0.1, 0.15) is 66.0 Å². The molecular formula is C18H31NO. The Morgan fingerprint density at radius 2 is 1.70 bits per heavy atom. The van der Waals surface area contributed by atoms with Crippen molar-refractivity contribution in [3.8, 4) is 5.75 Å². The van der Waals surface area contributed by atoms with Crippen molar-refractivity contribution in [2.75, 3.05) is 6.61 Å². The number of hydrogen-bond acceptors (Lipinski definition) is 2. The molecule has 20 heavy (non-hydrogen) atoms. The predicted molar refractivity (Wildman–Crippen MR) is 87.3 cm³/mol. The quantitative estimate of drug-likeness (QED) is 0.726. The van der Waals surface area contributed by atoms with Gasteiger partial charge in [-0.05, 0) is 50.8 Å². The van der Waals surface area contributed by atoms with Gasteiger partial charge in [0.1, 0.15) is 5.75 Å². The molecule has 2 nitrogen and oxygen atoms in total. The minimum atomic E-state index is 0.182. The van der Waals surface area contributed by atoms with Gasteiger partial charge in [-0.2, -0.15) is 0 Å². The van der Waals surface area contributed by atoms with Crippen LogP contribution in [0.15, 0.2) is 24.3 Å². The van der Waals surface area contributed by atoms with E-state index in [2.05, 4.69) is 71.1 Å². The monoisotopic (exact) mass is 277 g/mol. The Balaban J connectivity index is 2.59. The fourth-order valence-electron chi connectivity index (χ4n) is 2.48. The van der Waals surface area contributed by atoms with Gasteiger partial charge in [0.15, 0.2) is 0 Å². The molecule has 0 radical (unpaired) electrons. The molecule has 2 heteroatoms. The highest BCUT2D eigenvalue weighted by Gasteiger charge is 2.19. The van der Waals surface area contributed by atoms with E-state index >= 15 is 0 Å². The highest BCUT2D eigenvalue weighted by atomic mass is 16.5. The Labute approximate surface area is 124 Å². The van der Waals surface area contributed by atoms with Gasteiger partial charge >= 0.3 is 0 Å².